The zero-order valence-electron chi connectivity index (χ0n) is 5.76. The second-order valence-electron chi connectivity index (χ2n) is 2.02. The lowest BCUT2D eigenvalue weighted by Crippen LogP contribution is -2.40. The second kappa shape index (κ2) is 3.06. The molecule has 2 radical (unpaired) electrons. The number of hydrogen-bond acceptors (Lipinski definition) is 2. The van der Waals surface area contributed by atoms with E-state index in [1.54, 1.807) is 6.07 Å². The van der Waals surface area contributed by atoms with Crippen molar-refractivity contribution in [2.45, 2.75) is 4.22 Å². The fraction of sp³-hybridized carbons (Fsp3) is 0.600. The molecule has 0 aliphatic carbocycles. The summed E-state index contributed by atoms with van der Waals surface area (Å²) in [7, 11) is 8.29. The number of carbonyl (C=O) groups excluding carboxylic acids is 1. The van der Waals surface area contributed by atoms with E-state index in [-0.39, 0.29) is 0 Å². The molecule has 0 aliphatic rings. The van der Waals surface area contributed by atoms with Crippen molar-refractivity contribution in [1.29, 1.82) is 5.26 Å². The van der Waals surface area contributed by atoms with Crippen molar-refractivity contribution in [1.82, 2.24) is 4.90 Å². The van der Waals surface area contributed by atoms with Gasteiger partial charge in [-0.25, -0.2) is 0 Å². The van der Waals surface area contributed by atoms with E-state index in [0.29, 0.717) is 0 Å². The molecule has 0 aromatic heterocycles. The molecule has 0 saturated heterocycles. The Morgan fingerprint density at radius 2 is 2.20 bits per heavy atom. The summed E-state index contributed by atoms with van der Waals surface area (Å²) in [6.07, 6.45) is 0. The maximum absolute atomic E-state index is 10.9. The van der Waals surface area contributed by atoms with E-state index in [4.69, 9.17) is 13.1 Å². The Kier molecular flexibility index (Phi) is 2.91. The van der Waals surface area contributed by atoms with Crippen molar-refractivity contribution >= 4 is 29.7 Å². The number of nitriles is 1. The van der Waals surface area contributed by atoms with Crippen LogP contribution >= 0.6 is 15.9 Å². The highest BCUT2D eigenvalue weighted by atomic mass is 79.9. The smallest absolute Gasteiger partial charge is 0.243 e. The van der Waals surface area contributed by atoms with Crippen molar-refractivity contribution in [3.63, 3.8) is 0 Å². The summed E-state index contributed by atoms with van der Waals surface area (Å²) in [4.78, 5) is 12.2. The standard InChI is InChI=1S/C5H6BBrN2O/c1-9(2)4(10)5(6,7)3-8/h1-2H3. The molecular formula is C5H6BBrN2O. The molecule has 0 N–H and O–H groups in total. The van der Waals surface area contributed by atoms with Crippen LogP contribution in [0.1, 0.15) is 0 Å². The average molecular weight is 201 g/mol. The van der Waals surface area contributed by atoms with Gasteiger partial charge in [0.05, 0.1) is 6.07 Å². The van der Waals surface area contributed by atoms with Crippen LogP contribution in [0.2, 0.25) is 0 Å². The van der Waals surface area contributed by atoms with Crippen LogP contribution in [0.3, 0.4) is 0 Å². The van der Waals surface area contributed by atoms with E-state index in [9.17, 15) is 4.79 Å². The molecule has 0 aromatic carbocycles. The zero-order valence-corrected chi connectivity index (χ0v) is 7.34. The zero-order chi connectivity index (χ0) is 8.36. The number of rotatable bonds is 1. The summed E-state index contributed by atoms with van der Waals surface area (Å²) >= 11 is 2.77. The quantitative estimate of drug-likeness (QED) is 0.437. The van der Waals surface area contributed by atoms with Crippen LogP contribution in [0.4, 0.5) is 0 Å². The van der Waals surface area contributed by atoms with Crippen molar-refractivity contribution in [2.24, 2.45) is 0 Å². The highest BCUT2D eigenvalue weighted by molar-refractivity contribution is 9.11. The minimum absolute atomic E-state index is 0.463. The molecule has 0 spiro atoms. The van der Waals surface area contributed by atoms with E-state index in [2.05, 4.69) is 15.9 Å². The Hall–Kier alpha value is -0.495. The van der Waals surface area contributed by atoms with E-state index < -0.39 is 10.1 Å². The first-order chi connectivity index (χ1) is 4.41. The molecule has 3 nitrogen and oxygen atoms in total. The topological polar surface area (TPSA) is 44.1 Å². The first kappa shape index (κ1) is 9.50. The number of alkyl halides is 1. The Morgan fingerprint density at radius 3 is 2.30 bits per heavy atom. The van der Waals surface area contributed by atoms with Gasteiger partial charge in [0.15, 0.2) is 0 Å². The monoisotopic (exact) mass is 200 g/mol. The van der Waals surface area contributed by atoms with Crippen LogP contribution in [0.15, 0.2) is 0 Å². The van der Waals surface area contributed by atoms with Gasteiger partial charge in [-0.2, -0.15) is 5.26 Å². The van der Waals surface area contributed by atoms with Gasteiger partial charge < -0.3 is 4.90 Å². The average Bonchev–Trinajstić information content (AvgIpc) is 1.86. The molecule has 0 bridgehead atoms. The Labute approximate surface area is 69.5 Å². The predicted octanol–water partition coefficient (Wildman–Crippen LogP) is -0.142. The van der Waals surface area contributed by atoms with Crippen LogP contribution in [-0.2, 0) is 4.79 Å². The van der Waals surface area contributed by atoms with Crippen molar-refractivity contribution in [2.75, 3.05) is 14.1 Å². The summed E-state index contributed by atoms with van der Waals surface area (Å²) < 4.78 is -1.57. The molecule has 1 unspecified atom stereocenters. The molecule has 1 amide bonds. The second-order valence-corrected chi connectivity index (χ2v) is 3.27. The number of carbonyl (C=O) groups is 1. The molecular weight excluding hydrogens is 195 g/mol. The minimum Gasteiger partial charge on any atom is -0.347 e. The third kappa shape index (κ3) is 2.03. The van der Waals surface area contributed by atoms with Crippen molar-refractivity contribution in [3.05, 3.63) is 0 Å². The van der Waals surface area contributed by atoms with Gasteiger partial charge in [0.25, 0.3) is 0 Å². The predicted molar refractivity (Wildman–Crippen MR) is 41.7 cm³/mol. The lowest BCUT2D eigenvalue weighted by Gasteiger charge is -2.18. The highest BCUT2D eigenvalue weighted by Crippen LogP contribution is 2.13. The Balaban J connectivity index is 4.38. The normalized spacial score (nSPS) is 15.0. The van der Waals surface area contributed by atoms with Crippen LogP contribution in [-0.4, -0.2) is 37.0 Å². The maximum Gasteiger partial charge on any atom is 0.243 e. The number of halogens is 1. The number of nitrogens with zero attached hydrogens (tertiary/aromatic N) is 2. The van der Waals surface area contributed by atoms with Gasteiger partial charge in [-0.1, -0.05) is 15.9 Å². The number of hydrogen-bond donors (Lipinski definition) is 0. The largest absolute Gasteiger partial charge is 0.347 e. The minimum atomic E-state index is -1.57. The highest BCUT2D eigenvalue weighted by Gasteiger charge is 2.30. The summed E-state index contributed by atoms with van der Waals surface area (Å²) in [5.41, 5.74) is 0. The lowest BCUT2D eigenvalue weighted by atomic mass is 9.87. The van der Waals surface area contributed by atoms with Gasteiger partial charge >= 0.3 is 0 Å². The van der Waals surface area contributed by atoms with E-state index >= 15 is 0 Å². The van der Waals surface area contributed by atoms with Gasteiger partial charge in [-0.15, -0.1) is 0 Å². The van der Waals surface area contributed by atoms with Gasteiger partial charge in [0.2, 0.25) is 5.91 Å². The fourth-order valence-electron chi connectivity index (χ4n) is 0.373. The van der Waals surface area contributed by atoms with E-state index in [0.717, 1.165) is 0 Å². The summed E-state index contributed by atoms with van der Waals surface area (Å²) in [5.74, 6) is -0.463. The van der Waals surface area contributed by atoms with Crippen LogP contribution in [0.25, 0.3) is 0 Å². The lowest BCUT2D eigenvalue weighted by molar-refractivity contribution is -0.127. The maximum atomic E-state index is 10.9. The summed E-state index contributed by atoms with van der Waals surface area (Å²) in [6, 6.07) is 1.63. The molecule has 0 fully saturated rings. The van der Waals surface area contributed by atoms with Crippen LogP contribution in [0, 0.1) is 11.3 Å². The Bertz CT molecular complexity index is 185. The molecule has 5 heteroatoms. The first-order valence-electron chi connectivity index (χ1n) is 2.52. The molecule has 52 valence electrons. The van der Waals surface area contributed by atoms with Crippen molar-refractivity contribution < 1.29 is 4.79 Å². The van der Waals surface area contributed by atoms with Gasteiger partial charge in [-0.05, 0) is 0 Å². The van der Waals surface area contributed by atoms with Crippen LogP contribution in [0.5, 0.6) is 0 Å². The third-order valence-electron chi connectivity index (χ3n) is 0.880. The molecule has 10 heavy (non-hydrogen) atoms. The fourth-order valence-corrected chi connectivity index (χ4v) is 0.728. The van der Waals surface area contributed by atoms with Gasteiger partial charge in [-0.3, -0.25) is 4.79 Å². The Morgan fingerprint density at radius 1 is 1.80 bits per heavy atom. The molecule has 0 heterocycles. The van der Waals surface area contributed by atoms with Gasteiger partial charge in [0.1, 0.15) is 12.1 Å². The molecule has 0 saturated carbocycles. The summed E-state index contributed by atoms with van der Waals surface area (Å²) in [5, 5.41) is 8.34. The van der Waals surface area contributed by atoms with E-state index in [1.165, 1.54) is 19.0 Å². The molecule has 0 aromatic rings. The first-order valence-corrected chi connectivity index (χ1v) is 3.32. The molecule has 1 atom stereocenters. The van der Waals surface area contributed by atoms with E-state index in [1.807, 2.05) is 0 Å². The molecule has 0 aliphatic heterocycles. The number of amides is 1. The molecule has 0 rings (SSSR count). The van der Waals surface area contributed by atoms with Crippen molar-refractivity contribution in [3.8, 4) is 6.07 Å². The van der Waals surface area contributed by atoms with Crippen LogP contribution < -0.4 is 0 Å². The van der Waals surface area contributed by atoms with Gasteiger partial charge in [0, 0.05) is 14.1 Å². The summed E-state index contributed by atoms with van der Waals surface area (Å²) in [6.45, 7) is 0. The third-order valence-corrected chi connectivity index (χ3v) is 1.40. The SMILES string of the molecule is [B]C(Br)(C#N)C(=O)N(C)C.